The zero-order valence-corrected chi connectivity index (χ0v) is 15.4. The highest BCUT2D eigenvalue weighted by atomic mass is 16.6. The Morgan fingerprint density at radius 2 is 2.04 bits per heavy atom. The van der Waals surface area contributed by atoms with Gasteiger partial charge in [-0.1, -0.05) is 0 Å². The van der Waals surface area contributed by atoms with Crippen LogP contribution in [0.1, 0.15) is 5.56 Å². The standard InChI is InChI=1S/C21H21N3O4/c22-11-16-1-6-21-23-12-20(24(21)13-16)17-2-4-18(5-3-17)27-9-7-25-14-19-15-26-8-10-28-19/h1-6,12-13,19H,7-10,14-15H2/t19-/m0/s1. The van der Waals surface area contributed by atoms with Gasteiger partial charge in [-0.25, -0.2) is 4.98 Å². The van der Waals surface area contributed by atoms with Crippen LogP contribution in [0.4, 0.5) is 0 Å². The molecule has 0 saturated carbocycles. The van der Waals surface area contributed by atoms with E-state index in [-0.39, 0.29) is 6.10 Å². The highest BCUT2D eigenvalue weighted by Gasteiger charge is 2.14. The Morgan fingerprint density at radius 1 is 1.14 bits per heavy atom. The Labute approximate surface area is 163 Å². The van der Waals surface area contributed by atoms with E-state index in [1.165, 1.54) is 0 Å². The summed E-state index contributed by atoms with van der Waals surface area (Å²) in [5, 5.41) is 9.10. The second-order valence-electron chi connectivity index (χ2n) is 6.42. The van der Waals surface area contributed by atoms with Gasteiger partial charge >= 0.3 is 0 Å². The van der Waals surface area contributed by atoms with Crippen LogP contribution in [0.15, 0.2) is 48.8 Å². The van der Waals surface area contributed by atoms with Crippen molar-refractivity contribution >= 4 is 5.65 Å². The molecular weight excluding hydrogens is 358 g/mol. The minimum absolute atomic E-state index is 0.0139. The Kier molecular flexibility index (Phi) is 5.83. The molecule has 28 heavy (non-hydrogen) atoms. The van der Waals surface area contributed by atoms with Crippen LogP contribution < -0.4 is 4.74 Å². The number of benzene rings is 1. The number of rotatable bonds is 7. The summed E-state index contributed by atoms with van der Waals surface area (Å²) >= 11 is 0. The number of fused-ring (bicyclic) bond motifs is 1. The molecule has 7 nitrogen and oxygen atoms in total. The van der Waals surface area contributed by atoms with Crippen LogP contribution in [0.2, 0.25) is 0 Å². The molecule has 1 saturated heterocycles. The number of ether oxygens (including phenoxy) is 4. The predicted molar refractivity (Wildman–Crippen MR) is 102 cm³/mol. The van der Waals surface area contributed by atoms with E-state index in [0.29, 0.717) is 45.2 Å². The summed E-state index contributed by atoms with van der Waals surface area (Å²) < 4.78 is 24.1. The minimum Gasteiger partial charge on any atom is -0.491 e. The molecule has 1 aliphatic heterocycles. The molecule has 0 N–H and O–H groups in total. The topological polar surface area (TPSA) is 78.0 Å². The minimum atomic E-state index is 0.0139. The molecule has 2 aromatic heterocycles. The van der Waals surface area contributed by atoms with E-state index in [1.54, 1.807) is 18.5 Å². The first-order chi connectivity index (χ1) is 13.8. The lowest BCUT2D eigenvalue weighted by Gasteiger charge is -2.22. The summed E-state index contributed by atoms with van der Waals surface area (Å²) in [5.74, 6) is 0.774. The first-order valence-corrected chi connectivity index (χ1v) is 9.21. The molecule has 1 aromatic carbocycles. The fourth-order valence-corrected chi connectivity index (χ4v) is 3.05. The summed E-state index contributed by atoms with van der Waals surface area (Å²) in [5.41, 5.74) is 3.33. The molecule has 144 valence electrons. The number of imidazole rings is 1. The zero-order valence-electron chi connectivity index (χ0n) is 15.4. The molecular formula is C21H21N3O4. The zero-order chi connectivity index (χ0) is 19.2. The average Bonchev–Trinajstić information content (AvgIpc) is 3.18. The van der Waals surface area contributed by atoms with E-state index in [0.717, 1.165) is 22.7 Å². The van der Waals surface area contributed by atoms with Crippen molar-refractivity contribution in [1.82, 2.24) is 9.38 Å². The van der Waals surface area contributed by atoms with Crippen molar-refractivity contribution in [2.75, 3.05) is 39.6 Å². The maximum absolute atomic E-state index is 9.10. The van der Waals surface area contributed by atoms with Gasteiger partial charge < -0.3 is 18.9 Å². The molecule has 7 heteroatoms. The molecule has 1 fully saturated rings. The Morgan fingerprint density at radius 3 is 2.82 bits per heavy atom. The van der Waals surface area contributed by atoms with Gasteiger partial charge in [0.1, 0.15) is 30.2 Å². The Bertz CT molecular complexity index is 956. The molecule has 3 heterocycles. The fraction of sp³-hybridized carbons (Fsp3) is 0.333. The van der Waals surface area contributed by atoms with Crippen LogP contribution in [0.3, 0.4) is 0 Å². The lowest BCUT2D eigenvalue weighted by molar-refractivity contribution is -0.116. The molecule has 0 spiro atoms. The average molecular weight is 379 g/mol. The molecule has 0 unspecified atom stereocenters. The van der Waals surface area contributed by atoms with Crippen LogP contribution in [0.25, 0.3) is 16.9 Å². The summed E-state index contributed by atoms with van der Waals surface area (Å²) in [6.45, 7) is 3.34. The first kappa shape index (κ1) is 18.4. The van der Waals surface area contributed by atoms with Crippen molar-refractivity contribution in [2.45, 2.75) is 6.10 Å². The van der Waals surface area contributed by atoms with Crippen molar-refractivity contribution in [2.24, 2.45) is 0 Å². The normalized spacial score (nSPS) is 16.8. The van der Waals surface area contributed by atoms with Crippen molar-refractivity contribution in [1.29, 1.82) is 5.26 Å². The Hall–Kier alpha value is -2.92. The molecule has 0 aliphatic carbocycles. The van der Waals surface area contributed by atoms with Gasteiger partial charge in [0.25, 0.3) is 0 Å². The highest BCUT2D eigenvalue weighted by Crippen LogP contribution is 2.24. The molecule has 3 aromatic rings. The van der Waals surface area contributed by atoms with E-state index in [9.17, 15) is 0 Å². The van der Waals surface area contributed by atoms with E-state index < -0.39 is 0 Å². The van der Waals surface area contributed by atoms with Crippen molar-refractivity contribution < 1.29 is 18.9 Å². The molecule has 4 rings (SSSR count). The quantitative estimate of drug-likeness (QED) is 0.588. The van der Waals surface area contributed by atoms with Crippen molar-refractivity contribution in [3.05, 3.63) is 54.4 Å². The maximum Gasteiger partial charge on any atom is 0.137 e. The molecule has 0 radical (unpaired) electrons. The maximum atomic E-state index is 9.10. The largest absolute Gasteiger partial charge is 0.491 e. The Balaban J connectivity index is 1.31. The van der Waals surface area contributed by atoms with Crippen molar-refractivity contribution in [3.8, 4) is 23.1 Å². The smallest absolute Gasteiger partial charge is 0.137 e. The lowest BCUT2D eigenvalue weighted by Crippen LogP contribution is -2.32. The van der Waals surface area contributed by atoms with E-state index in [4.69, 9.17) is 24.2 Å². The fourth-order valence-electron chi connectivity index (χ4n) is 3.05. The summed E-state index contributed by atoms with van der Waals surface area (Å²) in [6, 6.07) is 13.5. The SMILES string of the molecule is N#Cc1ccc2ncc(-c3ccc(OCCOC[C@H]4COCCO4)cc3)n2c1. The number of hydrogen-bond acceptors (Lipinski definition) is 6. The molecule has 0 bridgehead atoms. The van der Waals surface area contributed by atoms with E-state index in [2.05, 4.69) is 11.1 Å². The third-order valence-electron chi connectivity index (χ3n) is 4.47. The van der Waals surface area contributed by atoms with Gasteiger partial charge in [-0.2, -0.15) is 5.26 Å². The van der Waals surface area contributed by atoms with E-state index >= 15 is 0 Å². The number of pyridine rings is 1. The summed E-state index contributed by atoms with van der Waals surface area (Å²) in [6.07, 6.45) is 3.61. The van der Waals surface area contributed by atoms with Crippen molar-refractivity contribution in [3.63, 3.8) is 0 Å². The highest BCUT2D eigenvalue weighted by molar-refractivity contribution is 5.64. The second kappa shape index (κ2) is 8.85. The summed E-state index contributed by atoms with van der Waals surface area (Å²) in [7, 11) is 0. The number of hydrogen-bond donors (Lipinski definition) is 0. The molecule has 1 aliphatic rings. The van der Waals surface area contributed by atoms with Gasteiger partial charge in [0.15, 0.2) is 0 Å². The molecule has 1 atom stereocenters. The van der Waals surface area contributed by atoms with Gasteiger partial charge in [0.05, 0.1) is 50.5 Å². The number of nitrogens with zero attached hydrogens (tertiary/aromatic N) is 3. The third-order valence-corrected chi connectivity index (χ3v) is 4.47. The van der Waals surface area contributed by atoms with Gasteiger partial charge in [-0.15, -0.1) is 0 Å². The number of nitriles is 1. The lowest BCUT2D eigenvalue weighted by atomic mass is 10.1. The van der Waals surface area contributed by atoms with Gasteiger partial charge in [0, 0.05) is 11.8 Å². The van der Waals surface area contributed by atoms with Crippen LogP contribution in [0, 0.1) is 11.3 Å². The van der Waals surface area contributed by atoms with E-state index in [1.807, 2.05) is 34.7 Å². The first-order valence-electron chi connectivity index (χ1n) is 9.21. The van der Waals surface area contributed by atoms with Crippen LogP contribution >= 0.6 is 0 Å². The third kappa shape index (κ3) is 4.31. The van der Waals surface area contributed by atoms with Crippen LogP contribution in [0.5, 0.6) is 5.75 Å². The molecule has 0 amide bonds. The summed E-state index contributed by atoms with van der Waals surface area (Å²) in [4.78, 5) is 4.39. The monoisotopic (exact) mass is 379 g/mol. The predicted octanol–water partition coefficient (Wildman–Crippen LogP) is 2.68. The van der Waals surface area contributed by atoms with Gasteiger partial charge in [0.2, 0.25) is 0 Å². The second-order valence-corrected chi connectivity index (χ2v) is 6.42. The van der Waals surface area contributed by atoms with Gasteiger partial charge in [-0.3, -0.25) is 4.40 Å². The van der Waals surface area contributed by atoms with Crippen LogP contribution in [-0.4, -0.2) is 55.1 Å². The number of aromatic nitrogens is 2. The van der Waals surface area contributed by atoms with Crippen LogP contribution in [-0.2, 0) is 14.2 Å². The van der Waals surface area contributed by atoms with Gasteiger partial charge in [-0.05, 0) is 36.4 Å².